The summed E-state index contributed by atoms with van der Waals surface area (Å²) in [6.07, 6.45) is 5.05. The quantitative estimate of drug-likeness (QED) is 0.878. The maximum atomic E-state index is 12.8. The van der Waals surface area contributed by atoms with Crippen molar-refractivity contribution in [1.29, 1.82) is 0 Å². The van der Waals surface area contributed by atoms with Gasteiger partial charge < -0.3 is 19.7 Å². The van der Waals surface area contributed by atoms with Crippen molar-refractivity contribution in [2.24, 2.45) is 11.8 Å². The van der Waals surface area contributed by atoms with E-state index in [2.05, 4.69) is 12.2 Å². The molecule has 2 heterocycles. The molecule has 1 saturated carbocycles. The molecule has 0 radical (unpaired) electrons. The number of piperidine rings is 1. The number of likely N-dealkylation sites (tertiary alicyclic amines) is 1. The molecular weight excluding hydrogens is 332 g/mol. The predicted molar refractivity (Wildman–Crippen MR) is 95.7 cm³/mol. The van der Waals surface area contributed by atoms with Gasteiger partial charge in [0.1, 0.15) is 0 Å². The van der Waals surface area contributed by atoms with Crippen LogP contribution in [0.5, 0.6) is 11.5 Å². The first-order valence-corrected chi connectivity index (χ1v) is 9.64. The third kappa shape index (κ3) is 3.37. The van der Waals surface area contributed by atoms with Gasteiger partial charge in [-0.15, -0.1) is 0 Å². The Morgan fingerprint density at radius 3 is 2.88 bits per heavy atom. The lowest BCUT2D eigenvalue weighted by molar-refractivity contribution is -0.138. The number of amides is 2. The van der Waals surface area contributed by atoms with Gasteiger partial charge in [-0.25, -0.2) is 0 Å². The van der Waals surface area contributed by atoms with Crippen molar-refractivity contribution < 1.29 is 19.1 Å². The van der Waals surface area contributed by atoms with E-state index in [0.717, 1.165) is 37.1 Å². The minimum atomic E-state index is -0.170. The molecule has 1 aromatic rings. The number of carbonyl (C=O) groups is 2. The highest BCUT2D eigenvalue weighted by Gasteiger charge is 2.50. The summed E-state index contributed by atoms with van der Waals surface area (Å²) in [5.41, 5.74) is 0.966. The van der Waals surface area contributed by atoms with E-state index in [1.807, 2.05) is 23.1 Å². The van der Waals surface area contributed by atoms with Gasteiger partial charge in [-0.05, 0) is 49.8 Å². The average molecular weight is 358 g/mol. The van der Waals surface area contributed by atoms with Crippen molar-refractivity contribution in [3.8, 4) is 11.5 Å². The number of hydrogen-bond acceptors (Lipinski definition) is 4. The number of carbonyl (C=O) groups excluding carboxylic acids is 2. The molecular formula is C20H26N2O4. The lowest BCUT2D eigenvalue weighted by Crippen LogP contribution is -2.44. The highest BCUT2D eigenvalue weighted by atomic mass is 16.7. The van der Waals surface area contributed by atoms with Crippen LogP contribution in [-0.2, 0) is 16.1 Å². The highest BCUT2D eigenvalue weighted by molar-refractivity contribution is 5.92. The van der Waals surface area contributed by atoms with Gasteiger partial charge in [0.2, 0.25) is 18.6 Å². The number of ether oxygens (including phenoxy) is 2. The molecule has 3 atom stereocenters. The van der Waals surface area contributed by atoms with E-state index in [0.29, 0.717) is 24.8 Å². The van der Waals surface area contributed by atoms with Gasteiger partial charge in [-0.3, -0.25) is 9.59 Å². The third-order valence-electron chi connectivity index (χ3n) is 5.73. The number of fused-ring (bicyclic) bond motifs is 1. The molecule has 0 bridgehead atoms. The Morgan fingerprint density at radius 2 is 2.04 bits per heavy atom. The Hall–Kier alpha value is -2.24. The Balaban J connectivity index is 1.29. The van der Waals surface area contributed by atoms with Gasteiger partial charge in [0, 0.05) is 19.1 Å². The largest absolute Gasteiger partial charge is 0.454 e. The Labute approximate surface area is 153 Å². The lowest BCUT2D eigenvalue weighted by Gasteiger charge is -2.35. The molecule has 1 saturated heterocycles. The van der Waals surface area contributed by atoms with Crippen LogP contribution in [0.25, 0.3) is 0 Å². The van der Waals surface area contributed by atoms with Crippen LogP contribution in [0.2, 0.25) is 0 Å². The topological polar surface area (TPSA) is 67.9 Å². The van der Waals surface area contributed by atoms with Crippen molar-refractivity contribution >= 4 is 11.8 Å². The monoisotopic (exact) mass is 358 g/mol. The van der Waals surface area contributed by atoms with Gasteiger partial charge in [0.25, 0.3) is 0 Å². The van der Waals surface area contributed by atoms with Crippen molar-refractivity contribution in [1.82, 2.24) is 10.2 Å². The van der Waals surface area contributed by atoms with Gasteiger partial charge in [-0.2, -0.15) is 0 Å². The number of benzene rings is 1. The molecule has 2 aliphatic heterocycles. The fourth-order valence-electron chi connectivity index (χ4n) is 4.06. The molecule has 3 unspecified atom stereocenters. The Kier molecular flexibility index (Phi) is 4.74. The molecule has 2 amide bonds. The van der Waals surface area contributed by atoms with E-state index in [1.165, 1.54) is 6.42 Å². The molecule has 140 valence electrons. The first kappa shape index (κ1) is 17.2. The van der Waals surface area contributed by atoms with E-state index in [9.17, 15) is 9.59 Å². The summed E-state index contributed by atoms with van der Waals surface area (Å²) in [4.78, 5) is 27.2. The first-order valence-electron chi connectivity index (χ1n) is 9.64. The highest BCUT2D eigenvalue weighted by Crippen LogP contribution is 2.41. The number of nitrogens with one attached hydrogen (secondary N) is 1. The van der Waals surface area contributed by atoms with Crippen LogP contribution in [-0.4, -0.2) is 36.1 Å². The molecule has 0 spiro atoms. The van der Waals surface area contributed by atoms with Crippen LogP contribution in [0.15, 0.2) is 18.2 Å². The Bertz CT molecular complexity index is 705. The second kappa shape index (κ2) is 7.17. The zero-order chi connectivity index (χ0) is 18.1. The molecule has 1 aliphatic carbocycles. The van der Waals surface area contributed by atoms with Crippen LogP contribution in [0.3, 0.4) is 0 Å². The first-order chi connectivity index (χ1) is 12.7. The molecule has 1 aromatic carbocycles. The molecule has 3 aliphatic rings. The van der Waals surface area contributed by atoms with Crippen LogP contribution < -0.4 is 14.8 Å². The summed E-state index contributed by atoms with van der Waals surface area (Å²) in [7, 11) is 0. The normalized spacial score (nSPS) is 26.5. The minimum Gasteiger partial charge on any atom is -0.454 e. The molecule has 1 N–H and O–H groups in total. The van der Waals surface area contributed by atoms with Gasteiger partial charge in [0.05, 0.1) is 11.8 Å². The zero-order valence-electron chi connectivity index (χ0n) is 15.2. The molecule has 26 heavy (non-hydrogen) atoms. The van der Waals surface area contributed by atoms with E-state index < -0.39 is 0 Å². The Morgan fingerprint density at radius 1 is 1.19 bits per heavy atom. The summed E-state index contributed by atoms with van der Waals surface area (Å²) in [5, 5.41) is 2.96. The smallest absolute Gasteiger partial charge is 0.231 e. The lowest BCUT2D eigenvalue weighted by atomic mass is 9.99. The molecule has 6 nitrogen and oxygen atoms in total. The van der Waals surface area contributed by atoms with Crippen LogP contribution in [0, 0.1) is 11.8 Å². The van der Waals surface area contributed by atoms with E-state index in [-0.39, 0.29) is 30.4 Å². The number of rotatable bonds is 5. The standard InChI is InChI=1S/C20H26N2O4/c1-2-14-5-3-4-8-22(14)20(24)16-10-15(16)19(23)21-11-13-6-7-17-18(9-13)26-12-25-17/h6-7,9,14-16H,2-5,8,10-12H2,1H3,(H,21,23). The minimum absolute atomic E-state index is 0.0222. The van der Waals surface area contributed by atoms with Crippen molar-refractivity contribution in [3.05, 3.63) is 23.8 Å². The van der Waals surface area contributed by atoms with Crippen molar-refractivity contribution in [2.75, 3.05) is 13.3 Å². The second-order valence-corrected chi connectivity index (χ2v) is 7.44. The maximum Gasteiger partial charge on any atom is 0.231 e. The fraction of sp³-hybridized carbons (Fsp3) is 0.600. The third-order valence-corrected chi connectivity index (χ3v) is 5.73. The molecule has 2 fully saturated rings. The van der Waals surface area contributed by atoms with Crippen molar-refractivity contribution in [2.45, 2.75) is 51.6 Å². The summed E-state index contributed by atoms with van der Waals surface area (Å²) in [6, 6.07) is 6.02. The average Bonchev–Trinajstić information content (AvgIpc) is 3.35. The van der Waals surface area contributed by atoms with Crippen LogP contribution in [0.1, 0.15) is 44.6 Å². The fourth-order valence-corrected chi connectivity index (χ4v) is 4.06. The summed E-state index contributed by atoms with van der Waals surface area (Å²) >= 11 is 0. The summed E-state index contributed by atoms with van der Waals surface area (Å²) in [5.74, 6) is 1.31. The summed E-state index contributed by atoms with van der Waals surface area (Å²) < 4.78 is 10.6. The van der Waals surface area contributed by atoms with Crippen LogP contribution >= 0.6 is 0 Å². The van der Waals surface area contributed by atoms with E-state index >= 15 is 0 Å². The SMILES string of the molecule is CCC1CCCCN1C(=O)C1CC1C(=O)NCc1ccc2c(c1)OCO2. The number of hydrogen-bond donors (Lipinski definition) is 1. The molecule has 4 rings (SSSR count). The van der Waals surface area contributed by atoms with Gasteiger partial charge in [-0.1, -0.05) is 13.0 Å². The summed E-state index contributed by atoms with van der Waals surface area (Å²) in [6.45, 7) is 3.67. The predicted octanol–water partition coefficient (Wildman–Crippen LogP) is 2.46. The maximum absolute atomic E-state index is 12.8. The number of nitrogens with zero attached hydrogens (tertiary/aromatic N) is 1. The van der Waals surface area contributed by atoms with Crippen molar-refractivity contribution in [3.63, 3.8) is 0 Å². The van der Waals surface area contributed by atoms with Gasteiger partial charge >= 0.3 is 0 Å². The van der Waals surface area contributed by atoms with Crippen LogP contribution in [0.4, 0.5) is 0 Å². The molecule has 6 heteroatoms. The molecule has 0 aromatic heterocycles. The second-order valence-electron chi connectivity index (χ2n) is 7.44. The zero-order valence-corrected chi connectivity index (χ0v) is 15.2. The van der Waals surface area contributed by atoms with E-state index in [4.69, 9.17) is 9.47 Å². The van der Waals surface area contributed by atoms with E-state index in [1.54, 1.807) is 0 Å². The van der Waals surface area contributed by atoms with Gasteiger partial charge in [0.15, 0.2) is 11.5 Å².